The van der Waals surface area contributed by atoms with Gasteiger partial charge in [0, 0.05) is 19.1 Å². The molecule has 0 spiro atoms. The number of carbonyl (C=O) groups is 3. The molecular weight excluding hydrogens is 420 g/mol. The Labute approximate surface area is 196 Å². The molecular formula is C25H36N4O4. The molecule has 1 heterocycles. The highest BCUT2D eigenvalue weighted by atomic mass is 16.5. The standard InChI is InChI=1S/C25H36N4O4/c1-4-5-14-29(19-11-7-6-8-12-19)24(32)23(31)20-13-9-10-18-15-28(25(26)27-22(18)20)16-21(30)33-17(2)3/h9-10,13,17,19H,4-8,11-12,14-16H2,1-3H3,(H2,26,27). The number of ether oxygens (including phenoxy) is 1. The van der Waals surface area contributed by atoms with Crippen LogP contribution in [0.2, 0.25) is 0 Å². The molecule has 0 radical (unpaired) electrons. The summed E-state index contributed by atoms with van der Waals surface area (Å²) >= 11 is 0. The third-order valence-electron chi connectivity index (χ3n) is 6.19. The van der Waals surface area contributed by atoms with Gasteiger partial charge in [-0.15, -0.1) is 0 Å². The number of guanidine groups is 1. The first-order valence-electron chi connectivity index (χ1n) is 12.1. The largest absolute Gasteiger partial charge is 0.462 e. The van der Waals surface area contributed by atoms with Gasteiger partial charge in [0.2, 0.25) is 0 Å². The molecule has 8 heteroatoms. The molecule has 0 unspecified atom stereocenters. The van der Waals surface area contributed by atoms with Gasteiger partial charge in [-0.1, -0.05) is 44.7 Å². The third kappa shape index (κ3) is 6.12. The number of unbranched alkanes of at least 4 members (excludes halogenated alkanes) is 1. The Hall–Kier alpha value is -2.90. The van der Waals surface area contributed by atoms with Crippen molar-refractivity contribution in [3.8, 4) is 0 Å². The Kier molecular flexibility index (Phi) is 8.47. The molecule has 3 rings (SSSR count). The smallest absolute Gasteiger partial charge is 0.325 e. The summed E-state index contributed by atoms with van der Waals surface area (Å²) in [6, 6.07) is 5.34. The highest BCUT2D eigenvalue weighted by Gasteiger charge is 2.32. The molecule has 8 nitrogen and oxygen atoms in total. The molecule has 0 bridgehead atoms. The fourth-order valence-electron chi connectivity index (χ4n) is 4.52. The van der Waals surface area contributed by atoms with Crippen LogP contribution in [0.25, 0.3) is 0 Å². The number of amides is 1. The summed E-state index contributed by atoms with van der Waals surface area (Å²) in [5, 5.41) is 0. The molecule has 0 aromatic heterocycles. The lowest BCUT2D eigenvalue weighted by Crippen LogP contribution is -2.45. The topological polar surface area (TPSA) is 105 Å². The van der Waals surface area contributed by atoms with Crippen LogP contribution < -0.4 is 5.73 Å². The fraction of sp³-hybridized carbons (Fsp3) is 0.600. The molecule has 1 aromatic carbocycles. The summed E-state index contributed by atoms with van der Waals surface area (Å²) in [6.07, 6.45) is 6.86. The number of carbonyl (C=O) groups excluding carboxylic acids is 3. The Morgan fingerprint density at radius 1 is 1.21 bits per heavy atom. The van der Waals surface area contributed by atoms with E-state index in [1.54, 1.807) is 35.8 Å². The van der Waals surface area contributed by atoms with Crippen molar-refractivity contribution in [2.75, 3.05) is 13.1 Å². The summed E-state index contributed by atoms with van der Waals surface area (Å²) in [5.41, 5.74) is 7.55. The molecule has 1 aliphatic carbocycles. The average Bonchev–Trinajstić information content (AvgIpc) is 2.79. The second-order valence-electron chi connectivity index (χ2n) is 9.15. The lowest BCUT2D eigenvalue weighted by atomic mass is 9.93. The van der Waals surface area contributed by atoms with Gasteiger partial charge in [-0.25, -0.2) is 4.99 Å². The van der Waals surface area contributed by atoms with Crippen molar-refractivity contribution in [1.29, 1.82) is 0 Å². The Balaban J connectivity index is 1.81. The van der Waals surface area contributed by atoms with Crippen molar-refractivity contribution in [2.24, 2.45) is 10.7 Å². The number of nitrogens with two attached hydrogens (primary N) is 1. The van der Waals surface area contributed by atoms with E-state index in [-0.39, 0.29) is 30.2 Å². The third-order valence-corrected chi connectivity index (χ3v) is 6.19. The first-order valence-corrected chi connectivity index (χ1v) is 12.1. The Bertz CT molecular complexity index is 906. The molecule has 1 fully saturated rings. The maximum atomic E-state index is 13.4. The molecule has 1 aliphatic heterocycles. The van der Waals surface area contributed by atoms with Crippen LogP contribution in [0, 0.1) is 0 Å². The predicted octanol–water partition coefficient (Wildman–Crippen LogP) is 3.54. The summed E-state index contributed by atoms with van der Waals surface area (Å²) < 4.78 is 5.20. The maximum absolute atomic E-state index is 13.4. The molecule has 1 amide bonds. The zero-order valence-corrected chi connectivity index (χ0v) is 20.0. The quantitative estimate of drug-likeness (QED) is 0.346. The van der Waals surface area contributed by atoms with Gasteiger partial charge in [0.25, 0.3) is 11.7 Å². The zero-order chi connectivity index (χ0) is 24.0. The minimum absolute atomic E-state index is 0.0312. The number of Topliss-reactive ketones (excluding diaryl/α,β-unsaturated/α-hetero) is 1. The Morgan fingerprint density at radius 2 is 1.94 bits per heavy atom. The number of rotatable bonds is 9. The molecule has 0 atom stereocenters. The van der Waals surface area contributed by atoms with E-state index in [9.17, 15) is 14.4 Å². The van der Waals surface area contributed by atoms with E-state index in [0.29, 0.717) is 18.8 Å². The van der Waals surface area contributed by atoms with Crippen molar-refractivity contribution < 1.29 is 19.1 Å². The van der Waals surface area contributed by atoms with Gasteiger partial charge in [-0.05, 0) is 44.7 Å². The molecule has 1 saturated carbocycles. The number of nitrogens with zero attached hydrogens (tertiary/aromatic N) is 3. The maximum Gasteiger partial charge on any atom is 0.325 e. The van der Waals surface area contributed by atoms with Gasteiger partial charge in [-0.2, -0.15) is 0 Å². The SMILES string of the molecule is CCCCN(C(=O)C(=O)c1cccc2c1N=C(N)N(CC(=O)OC(C)C)C2)C1CCCCC1. The van der Waals surface area contributed by atoms with Crippen LogP contribution in [-0.2, 0) is 20.9 Å². The molecule has 0 saturated heterocycles. The van der Waals surface area contributed by atoms with Crippen LogP contribution in [0.3, 0.4) is 0 Å². The van der Waals surface area contributed by atoms with Crippen LogP contribution in [0.15, 0.2) is 23.2 Å². The lowest BCUT2D eigenvalue weighted by molar-refractivity contribution is -0.147. The van der Waals surface area contributed by atoms with E-state index in [1.807, 2.05) is 6.07 Å². The van der Waals surface area contributed by atoms with Crippen LogP contribution >= 0.6 is 0 Å². The number of aliphatic imine (C=N–C) groups is 1. The molecule has 2 N–H and O–H groups in total. The Morgan fingerprint density at radius 3 is 2.61 bits per heavy atom. The van der Waals surface area contributed by atoms with E-state index in [0.717, 1.165) is 44.1 Å². The summed E-state index contributed by atoms with van der Waals surface area (Å²) in [7, 11) is 0. The van der Waals surface area contributed by atoms with Gasteiger partial charge < -0.3 is 20.3 Å². The number of hydrogen-bond acceptors (Lipinski definition) is 7. The van der Waals surface area contributed by atoms with Gasteiger partial charge in [0.15, 0.2) is 5.96 Å². The summed E-state index contributed by atoms with van der Waals surface area (Å²) in [4.78, 5) is 46.6. The molecule has 1 aromatic rings. The number of benzene rings is 1. The van der Waals surface area contributed by atoms with Gasteiger partial charge >= 0.3 is 5.97 Å². The predicted molar refractivity (Wildman–Crippen MR) is 127 cm³/mol. The van der Waals surface area contributed by atoms with Crippen LogP contribution in [0.4, 0.5) is 5.69 Å². The van der Waals surface area contributed by atoms with Crippen molar-refractivity contribution in [1.82, 2.24) is 9.80 Å². The van der Waals surface area contributed by atoms with Crippen LogP contribution in [-0.4, -0.2) is 58.7 Å². The van der Waals surface area contributed by atoms with E-state index in [4.69, 9.17) is 10.5 Å². The summed E-state index contributed by atoms with van der Waals surface area (Å²) in [5.74, 6) is -1.27. The lowest BCUT2D eigenvalue weighted by Gasteiger charge is -2.34. The van der Waals surface area contributed by atoms with Crippen molar-refractivity contribution >= 4 is 29.3 Å². The minimum Gasteiger partial charge on any atom is -0.462 e. The highest BCUT2D eigenvalue weighted by molar-refractivity contribution is 6.44. The number of ketones is 1. The average molecular weight is 457 g/mol. The molecule has 2 aliphatic rings. The van der Waals surface area contributed by atoms with E-state index < -0.39 is 17.7 Å². The first kappa shape index (κ1) is 24.7. The summed E-state index contributed by atoms with van der Waals surface area (Å²) in [6.45, 7) is 6.53. The second kappa shape index (κ2) is 11.3. The second-order valence-corrected chi connectivity index (χ2v) is 9.15. The number of hydrogen-bond donors (Lipinski definition) is 1. The van der Waals surface area contributed by atoms with Gasteiger partial charge in [0.1, 0.15) is 6.54 Å². The van der Waals surface area contributed by atoms with E-state index in [2.05, 4.69) is 11.9 Å². The normalized spacial score (nSPS) is 16.2. The number of fused-ring (bicyclic) bond motifs is 1. The van der Waals surface area contributed by atoms with Crippen LogP contribution in [0.1, 0.15) is 81.6 Å². The fourth-order valence-corrected chi connectivity index (χ4v) is 4.52. The molecule has 180 valence electrons. The number of esters is 1. The van der Waals surface area contributed by atoms with Crippen LogP contribution in [0.5, 0.6) is 0 Å². The molecule has 33 heavy (non-hydrogen) atoms. The van der Waals surface area contributed by atoms with Crippen molar-refractivity contribution in [2.45, 2.75) is 84.4 Å². The first-order chi connectivity index (χ1) is 15.8. The van der Waals surface area contributed by atoms with Crippen molar-refractivity contribution in [3.63, 3.8) is 0 Å². The van der Waals surface area contributed by atoms with E-state index in [1.165, 1.54) is 6.42 Å². The zero-order valence-electron chi connectivity index (χ0n) is 20.0. The van der Waals surface area contributed by atoms with Gasteiger partial charge in [0.05, 0.1) is 17.4 Å². The van der Waals surface area contributed by atoms with E-state index >= 15 is 0 Å². The van der Waals surface area contributed by atoms with Gasteiger partial charge in [-0.3, -0.25) is 14.4 Å². The number of para-hydroxylation sites is 1. The minimum atomic E-state index is -0.544. The highest BCUT2D eigenvalue weighted by Crippen LogP contribution is 2.31. The van der Waals surface area contributed by atoms with Crippen molar-refractivity contribution in [3.05, 3.63) is 29.3 Å². The monoisotopic (exact) mass is 456 g/mol.